The predicted molar refractivity (Wildman–Crippen MR) is 74.4 cm³/mol. The van der Waals surface area contributed by atoms with Crippen LogP contribution < -0.4 is 0 Å². The van der Waals surface area contributed by atoms with E-state index in [-0.39, 0.29) is 0 Å². The van der Waals surface area contributed by atoms with Gasteiger partial charge >= 0.3 is 0 Å². The average Bonchev–Trinajstić information content (AvgIpc) is 2.70. The van der Waals surface area contributed by atoms with Crippen molar-refractivity contribution in [3.05, 3.63) is 21.3 Å². The minimum absolute atomic E-state index is 0.332. The maximum atomic E-state index is 9.77. The molecule has 0 fully saturated rings. The van der Waals surface area contributed by atoms with Crippen LogP contribution in [0.25, 0.3) is 0 Å². The van der Waals surface area contributed by atoms with Crippen molar-refractivity contribution in [1.29, 1.82) is 0 Å². The molecule has 0 radical (unpaired) electrons. The van der Waals surface area contributed by atoms with Gasteiger partial charge in [0.05, 0.1) is 30.3 Å². The molecule has 0 aromatic carbocycles. The zero-order chi connectivity index (χ0) is 13.4. The van der Waals surface area contributed by atoms with E-state index in [4.69, 9.17) is 21.1 Å². The summed E-state index contributed by atoms with van der Waals surface area (Å²) >= 11 is 7.43. The van der Waals surface area contributed by atoms with Gasteiger partial charge in [-0.2, -0.15) is 0 Å². The van der Waals surface area contributed by atoms with E-state index in [1.807, 2.05) is 24.1 Å². The first-order chi connectivity index (χ1) is 8.61. The maximum Gasteiger partial charge on any atom is 0.0931 e. The van der Waals surface area contributed by atoms with Crippen LogP contribution in [0.5, 0.6) is 0 Å². The quantitative estimate of drug-likeness (QED) is 0.706. The molecule has 0 spiro atoms. The Kier molecular flexibility index (Phi) is 7.81. The molecule has 1 heterocycles. The third kappa shape index (κ3) is 6.68. The van der Waals surface area contributed by atoms with E-state index >= 15 is 0 Å². The van der Waals surface area contributed by atoms with Crippen LogP contribution >= 0.6 is 22.9 Å². The van der Waals surface area contributed by atoms with Gasteiger partial charge in [-0.1, -0.05) is 11.6 Å². The number of halogens is 1. The monoisotopic (exact) mass is 293 g/mol. The Morgan fingerprint density at radius 1 is 1.44 bits per heavy atom. The number of nitrogens with zero attached hydrogens (tertiary/aromatic N) is 1. The number of aliphatic hydroxyl groups excluding tert-OH is 1. The van der Waals surface area contributed by atoms with Crippen LogP contribution in [0, 0.1) is 0 Å². The summed E-state index contributed by atoms with van der Waals surface area (Å²) in [6, 6.07) is 3.89. The number of aliphatic hydroxyl groups is 1. The van der Waals surface area contributed by atoms with Crippen molar-refractivity contribution in [3.8, 4) is 0 Å². The lowest BCUT2D eigenvalue weighted by molar-refractivity contribution is 0.00170. The summed E-state index contributed by atoms with van der Waals surface area (Å²) in [6.07, 6.45) is -0.484. The molecule has 0 saturated carbocycles. The van der Waals surface area contributed by atoms with E-state index in [0.29, 0.717) is 26.4 Å². The zero-order valence-electron chi connectivity index (χ0n) is 10.8. The maximum absolute atomic E-state index is 9.77. The van der Waals surface area contributed by atoms with Gasteiger partial charge in [-0.15, -0.1) is 11.3 Å². The van der Waals surface area contributed by atoms with Crippen molar-refractivity contribution < 1.29 is 14.6 Å². The number of hydrogen-bond acceptors (Lipinski definition) is 5. The Balaban J connectivity index is 2.16. The first-order valence-corrected chi connectivity index (χ1v) is 6.98. The summed E-state index contributed by atoms with van der Waals surface area (Å²) in [5, 5.41) is 9.77. The third-order valence-corrected chi connectivity index (χ3v) is 3.53. The highest BCUT2D eigenvalue weighted by atomic mass is 35.5. The van der Waals surface area contributed by atoms with E-state index in [9.17, 15) is 5.11 Å². The number of likely N-dealkylation sites (N-methyl/N-ethyl adjacent to an activating group) is 1. The smallest absolute Gasteiger partial charge is 0.0931 e. The molecule has 0 amide bonds. The number of rotatable bonds is 9. The molecule has 1 aromatic heterocycles. The molecular weight excluding hydrogens is 274 g/mol. The van der Waals surface area contributed by atoms with Crippen molar-refractivity contribution in [1.82, 2.24) is 4.90 Å². The summed E-state index contributed by atoms with van der Waals surface area (Å²) in [4.78, 5) is 3.24. The highest BCUT2D eigenvalue weighted by Gasteiger charge is 2.09. The van der Waals surface area contributed by atoms with Crippen LogP contribution in [0.4, 0.5) is 0 Å². The number of thiophene rings is 1. The van der Waals surface area contributed by atoms with E-state index in [1.165, 1.54) is 4.88 Å². The fraction of sp³-hybridized carbons (Fsp3) is 0.667. The normalized spacial score (nSPS) is 13.2. The molecule has 1 N–H and O–H groups in total. The molecule has 1 aromatic rings. The fourth-order valence-electron chi connectivity index (χ4n) is 1.54. The molecule has 0 aliphatic heterocycles. The summed E-state index contributed by atoms with van der Waals surface area (Å²) in [5.41, 5.74) is 0. The van der Waals surface area contributed by atoms with Crippen molar-refractivity contribution in [3.63, 3.8) is 0 Å². The van der Waals surface area contributed by atoms with Gasteiger partial charge in [0.15, 0.2) is 0 Å². The second kappa shape index (κ2) is 8.85. The lowest BCUT2D eigenvalue weighted by atomic mass is 10.3. The molecular formula is C12H20ClNO3S. The molecule has 1 rings (SSSR count). The van der Waals surface area contributed by atoms with Gasteiger partial charge in [0.1, 0.15) is 0 Å². The Hall–Kier alpha value is -0.170. The predicted octanol–water partition coefficient (Wildman–Crippen LogP) is 1.86. The highest BCUT2D eigenvalue weighted by molar-refractivity contribution is 7.16. The molecule has 6 heteroatoms. The van der Waals surface area contributed by atoms with Gasteiger partial charge in [0, 0.05) is 25.1 Å². The first kappa shape index (κ1) is 15.9. The fourth-order valence-corrected chi connectivity index (χ4v) is 2.71. The molecule has 0 bridgehead atoms. The second-order valence-corrected chi connectivity index (χ2v) is 5.92. The van der Waals surface area contributed by atoms with E-state index in [1.54, 1.807) is 18.4 Å². The number of methoxy groups -OCH3 is 1. The van der Waals surface area contributed by atoms with Crippen LogP contribution in [-0.4, -0.2) is 56.6 Å². The van der Waals surface area contributed by atoms with E-state index < -0.39 is 6.10 Å². The van der Waals surface area contributed by atoms with Crippen LogP contribution in [0.3, 0.4) is 0 Å². The number of hydrogen-bond donors (Lipinski definition) is 1. The van der Waals surface area contributed by atoms with Crippen molar-refractivity contribution in [2.45, 2.75) is 12.6 Å². The van der Waals surface area contributed by atoms with Gasteiger partial charge in [-0.3, -0.25) is 4.90 Å². The molecule has 4 nitrogen and oxygen atoms in total. The van der Waals surface area contributed by atoms with Gasteiger partial charge in [-0.05, 0) is 19.2 Å². The average molecular weight is 294 g/mol. The van der Waals surface area contributed by atoms with Crippen LogP contribution in [0.1, 0.15) is 4.88 Å². The summed E-state index contributed by atoms with van der Waals surface area (Å²) in [6.45, 7) is 2.75. The molecule has 1 atom stereocenters. The molecule has 0 saturated heterocycles. The highest BCUT2D eigenvalue weighted by Crippen LogP contribution is 2.22. The van der Waals surface area contributed by atoms with E-state index in [2.05, 4.69) is 0 Å². The Bertz CT molecular complexity index is 335. The van der Waals surface area contributed by atoms with E-state index in [0.717, 1.165) is 10.9 Å². The topological polar surface area (TPSA) is 41.9 Å². The summed E-state index contributed by atoms with van der Waals surface area (Å²) in [7, 11) is 3.59. The van der Waals surface area contributed by atoms with Crippen LogP contribution in [0.15, 0.2) is 12.1 Å². The molecule has 18 heavy (non-hydrogen) atoms. The van der Waals surface area contributed by atoms with Crippen LogP contribution in [0.2, 0.25) is 4.34 Å². The molecule has 0 aliphatic rings. The molecule has 0 aliphatic carbocycles. The van der Waals surface area contributed by atoms with Crippen LogP contribution in [-0.2, 0) is 16.0 Å². The first-order valence-electron chi connectivity index (χ1n) is 5.79. The van der Waals surface area contributed by atoms with Crippen molar-refractivity contribution in [2.24, 2.45) is 0 Å². The Labute approximate surface area is 117 Å². The van der Waals surface area contributed by atoms with Crippen molar-refractivity contribution >= 4 is 22.9 Å². The third-order valence-electron chi connectivity index (χ3n) is 2.32. The number of ether oxygens (including phenoxy) is 2. The Morgan fingerprint density at radius 3 is 2.83 bits per heavy atom. The van der Waals surface area contributed by atoms with Gasteiger partial charge in [0.2, 0.25) is 0 Å². The van der Waals surface area contributed by atoms with Crippen molar-refractivity contribution in [2.75, 3.05) is 40.5 Å². The lowest BCUT2D eigenvalue weighted by Gasteiger charge is -2.19. The van der Waals surface area contributed by atoms with Gasteiger partial charge < -0.3 is 14.6 Å². The van der Waals surface area contributed by atoms with Gasteiger partial charge in [0.25, 0.3) is 0 Å². The SMILES string of the molecule is COCCOCC(O)CN(C)Cc1ccc(Cl)s1. The molecule has 104 valence electrons. The Morgan fingerprint density at radius 2 is 2.22 bits per heavy atom. The zero-order valence-corrected chi connectivity index (χ0v) is 12.3. The second-order valence-electron chi connectivity index (χ2n) is 4.12. The minimum atomic E-state index is -0.484. The largest absolute Gasteiger partial charge is 0.389 e. The standard InChI is InChI=1S/C12H20ClNO3S/c1-14(8-11-3-4-12(13)18-11)7-10(15)9-17-6-5-16-2/h3-4,10,15H,5-9H2,1-2H3. The summed E-state index contributed by atoms with van der Waals surface area (Å²) < 4.78 is 10.9. The lowest BCUT2D eigenvalue weighted by Crippen LogP contribution is -2.32. The minimum Gasteiger partial charge on any atom is -0.389 e. The van der Waals surface area contributed by atoms with Gasteiger partial charge in [-0.25, -0.2) is 0 Å². The molecule has 1 unspecified atom stereocenters. The summed E-state index contributed by atoms with van der Waals surface area (Å²) in [5.74, 6) is 0.